The van der Waals surface area contributed by atoms with Gasteiger partial charge in [-0.2, -0.15) is 4.52 Å². The second-order valence-electron chi connectivity index (χ2n) is 7.38. The average molecular weight is 383 g/mol. The maximum Gasteiger partial charge on any atom is 0.270 e. The van der Waals surface area contributed by atoms with Crippen molar-refractivity contribution in [3.63, 3.8) is 0 Å². The molecule has 0 unspecified atom stereocenters. The molecule has 1 aliphatic heterocycles. The minimum Gasteiger partial charge on any atom is -0.354 e. The van der Waals surface area contributed by atoms with Gasteiger partial charge in [-0.05, 0) is 31.9 Å². The molecule has 0 aromatic carbocycles. The third-order valence-electron chi connectivity index (χ3n) is 5.43. The molecule has 4 heterocycles. The maximum absolute atomic E-state index is 12.1. The number of carbonyl (C=O) groups excluding carboxylic acids is 1. The topological polar surface area (TPSA) is 88.3 Å². The summed E-state index contributed by atoms with van der Waals surface area (Å²) < 4.78 is 1.90. The Morgan fingerprint density at radius 2 is 2.15 bits per heavy atom. The Morgan fingerprint density at radius 3 is 2.85 bits per heavy atom. The number of nitrogens with one attached hydrogen (secondary N) is 1. The number of rotatable bonds is 5. The van der Waals surface area contributed by atoms with Crippen molar-refractivity contribution in [1.82, 2.24) is 30.1 Å². The van der Waals surface area contributed by atoms with E-state index in [1.807, 2.05) is 23.6 Å². The standard InChI is InChI=1S/C18H21N7OS/c1-11-20-14(10-27-11)18(26)19-7-12-8-24(9-12)16-6-5-15-21-22-17(25(15)23-16)13-3-2-4-13/h5-6,10,12-13H,2-4,7-9H2,1H3,(H,19,26). The largest absolute Gasteiger partial charge is 0.354 e. The van der Waals surface area contributed by atoms with Crippen LogP contribution in [0.3, 0.4) is 0 Å². The number of hydrogen-bond acceptors (Lipinski definition) is 7. The van der Waals surface area contributed by atoms with E-state index in [4.69, 9.17) is 5.10 Å². The minimum atomic E-state index is -0.0908. The molecule has 0 bridgehead atoms. The number of amides is 1. The van der Waals surface area contributed by atoms with E-state index in [-0.39, 0.29) is 5.91 Å². The van der Waals surface area contributed by atoms with Crippen LogP contribution >= 0.6 is 11.3 Å². The Labute approximate surface area is 160 Å². The summed E-state index contributed by atoms with van der Waals surface area (Å²) >= 11 is 1.49. The molecule has 1 amide bonds. The van der Waals surface area contributed by atoms with Gasteiger partial charge in [0.1, 0.15) is 11.5 Å². The van der Waals surface area contributed by atoms with Crippen LogP contribution in [0.4, 0.5) is 5.82 Å². The molecule has 2 aliphatic rings. The highest BCUT2D eigenvalue weighted by Crippen LogP contribution is 2.35. The van der Waals surface area contributed by atoms with Gasteiger partial charge in [0.05, 0.1) is 5.01 Å². The van der Waals surface area contributed by atoms with Crippen molar-refractivity contribution >= 4 is 28.7 Å². The molecule has 1 saturated carbocycles. The van der Waals surface area contributed by atoms with Gasteiger partial charge >= 0.3 is 0 Å². The Morgan fingerprint density at radius 1 is 1.30 bits per heavy atom. The fourth-order valence-electron chi connectivity index (χ4n) is 3.57. The van der Waals surface area contributed by atoms with Crippen LogP contribution in [0.1, 0.15) is 46.5 Å². The first kappa shape index (κ1) is 16.6. The van der Waals surface area contributed by atoms with E-state index < -0.39 is 0 Å². The van der Waals surface area contributed by atoms with Crippen LogP contribution in [0.2, 0.25) is 0 Å². The van der Waals surface area contributed by atoms with Crippen LogP contribution in [0.5, 0.6) is 0 Å². The van der Waals surface area contributed by atoms with E-state index in [9.17, 15) is 4.79 Å². The lowest BCUT2D eigenvalue weighted by atomic mass is 9.85. The first-order valence-corrected chi connectivity index (χ1v) is 10.2. The lowest BCUT2D eigenvalue weighted by molar-refractivity contribution is 0.0940. The van der Waals surface area contributed by atoms with Gasteiger partial charge in [0.15, 0.2) is 11.5 Å². The highest BCUT2D eigenvalue weighted by molar-refractivity contribution is 7.09. The molecule has 9 heteroatoms. The monoisotopic (exact) mass is 383 g/mol. The van der Waals surface area contributed by atoms with Gasteiger partial charge in [-0.1, -0.05) is 6.42 Å². The number of carbonyl (C=O) groups is 1. The molecule has 1 saturated heterocycles. The van der Waals surface area contributed by atoms with Crippen molar-refractivity contribution in [2.45, 2.75) is 32.1 Å². The zero-order valence-electron chi connectivity index (χ0n) is 15.1. The van der Waals surface area contributed by atoms with Crippen LogP contribution in [0.15, 0.2) is 17.5 Å². The summed E-state index contributed by atoms with van der Waals surface area (Å²) in [5.41, 5.74) is 1.32. The molecular formula is C18H21N7OS. The quantitative estimate of drug-likeness (QED) is 0.725. The van der Waals surface area contributed by atoms with Crippen LogP contribution in [-0.2, 0) is 0 Å². The van der Waals surface area contributed by atoms with Crippen molar-refractivity contribution in [1.29, 1.82) is 0 Å². The number of anilines is 1. The highest BCUT2D eigenvalue weighted by Gasteiger charge is 2.30. The Hall–Kier alpha value is -2.55. The summed E-state index contributed by atoms with van der Waals surface area (Å²) in [5, 5.41) is 19.0. The number of nitrogens with zero attached hydrogens (tertiary/aromatic N) is 6. The van der Waals surface area contributed by atoms with Crippen LogP contribution < -0.4 is 10.2 Å². The number of aryl methyl sites for hydroxylation is 1. The molecule has 27 heavy (non-hydrogen) atoms. The van der Waals surface area contributed by atoms with Crippen LogP contribution in [0.25, 0.3) is 5.65 Å². The fourth-order valence-corrected chi connectivity index (χ4v) is 4.16. The lowest BCUT2D eigenvalue weighted by Gasteiger charge is -2.40. The van der Waals surface area contributed by atoms with E-state index in [1.54, 1.807) is 5.38 Å². The van der Waals surface area contributed by atoms with Crippen molar-refractivity contribution in [3.8, 4) is 0 Å². The summed E-state index contributed by atoms with van der Waals surface area (Å²) in [6, 6.07) is 3.98. The van der Waals surface area contributed by atoms with E-state index in [0.717, 1.165) is 35.4 Å². The van der Waals surface area contributed by atoms with Crippen molar-refractivity contribution < 1.29 is 4.79 Å². The van der Waals surface area contributed by atoms with Gasteiger partial charge in [-0.15, -0.1) is 26.6 Å². The Bertz CT molecular complexity index is 987. The number of fused-ring (bicyclic) bond motifs is 1. The molecule has 140 valence electrons. The predicted molar refractivity (Wildman–Crippen MR) is 102 cm³/mol. The highest BCUT2D eigenvalue weighted by atomic mass is 32.1. The summed E-state index contributed by atoms with van der Waals surface area (Å²) in [5.74, 6) is 2.77. The zero-order chi connectivity index (χ0) is 18.4. The smallest absolute Gasteiger partial charge is 0.270 e. The predicted octanol–water partition coefficient (Wildman–Crippen LogP) is 2.02. The van der Waals surface area contributed by atoms with Crippen LogP contribution in [0, 0.1) is 12.8 Å². The zero-order valence-corrected chi connectivity index (χ0v) is 15.9. The fraction of sp³-hybridized carbons (Fsp3) is 0.500. The second-order valence-corrected chi connectivity index (χ2v) is 8.44. The van der Waals surface area contributed by atoms with Crippen molar-refractivity contribution in [2.75, 3.05) is 24.5 Å². The maximum atomic E-state index is 12.1. The second kappa shape index (κ2) is 6.56. The number of aromatic nitrogens is 5. The molecule has 3 aromatic heterocycles. The summed E-state index contributed by atoms with van der Waals surface area (Å²) in [6.07, 6.45) is 3.62. The summed E-state index contributed by atoms with van der Waals surface area (Å²) in [4.78, 5) is 18.6. The van der Waals surface area contributed by atoms with Crippen molar-refractivity contribution in [3.05, 3.63) is 34.0 Å². The normalized spacial score (nSPS) is 17.7. The third kappa shape index (κ3) is 3.05. The summed E-state index contributed by atoms with van der Waals surface area (Å²) in [7, 11) is 0. The SMILES string of the molecule is Cc1nc(C(=O)NCC2CN(c3ccc4nnc(C5CCC5)n4n3)C2)cs1. The van der Waals surface area contributed by atoms with Gasteiger partial charge in [-0.25, -0.2) is 4.98 Å². The van der Waals surface area contributed by atoms with Crippen molar-refractivity contribution in [2.24, 2.45) is 5.92 Å². The average Bonchev–Trinajstić information content (AvgIpc) is 3.18. The molecule has 1 N–H and O–H groups in total. The van der Waals surface area contributed by atoms with E-state index in [2.05, 4.69) is 25.4 Å². The number of hydrogen-bond donors (Lipinski definition) is 1. The van der Waals surface area contributed by atoms with Gasteiger partial charge in [0.25, 0.3) is 5.91 Å². The Kier molecular flexibility index (Phi) is 4.04. The molecule has 3 aromatic rings. The minimum absolute atomic E-state index is 0.0908. The van der Waals surface area contributed by atoms with E-state index in [1.165, 1.54) is 30.6 Å². The molecule has 0 atom stereocenters. The molecular weight excluding hydrogens is 362 g/mol. The first-order chi connectivity index (χ1) is 13.2. The molecule has 8 nitrogen and oxygen atoms in total. The lowest BCUT2D eigenvalue weighted by Crippen LogP contribution is -2.52. The third-order valence-corrected chi connectivity index (χ3v) is 6.20. The Balaban J connectivity index is 1.20. The van der Waals surface area contributed by atoms with E-state index in [0.29, 0.717) is 24.1 Å². The first-order valence-electron chi connectivity index (χ1n) is 9.35. The molecule has 5 rings (SSSR count). The van der Waals surface area contributed by atoms with Gasteiger partial charge in [0, 0.05) is 36.9 Å². The number of thiazole rings is 1. The molecule has 1 aliphatic carbocycles. The van der Waals surface area contributed by atoms with Gasteiger partial charge in [-0.3, -0.25) is 4.79 Å². The van der Waals surface area contributed by atoms with E-state index >= 15 is 0 Å². The van der Waals surface area contributed by atoms with Gasteiger partial charge in [0.2, 0.25) is 0 Å². The molecule has 0 radical (unpaired) electrons. The van der Waals surface area contributed by atoms with Gasteiger partial charge < -0.3 is 10.2 Å². The summed E-state index contributed by atoms with van der Waals surface area (Å²) in [6.45, 7) is 4.33. The molecule has 2 fully saturated rings. The van der Waals surface area contributed by atoms with Crippen LogP contribution in [-0.4, -0.2) is 50.3 Å². The molecule has 0 spiro atoms.